The van der Waals surface area contributed by atoms with E-state index in [0.717, 1.165) is 0 Å². The van der Waals surface area contributed by atoms with E-state index in [4.69, 9.17) is 4.74 Å². The normalized spacial score (nSPS) is 18.2. The van der Waals surface area contributed by atoms with Gasteiger partial charge in [0.25, 0.3) is 5.91 Å². The summed E-state index contributed by atoms with van der Waals surface area (Å²) in [5, 5.41) is 12.5. The highest BCUT2D eigenvalue weighted by atomic mass is 19.1. The predicted molar refractivity (Wildman–Crippen MR) is 135 cm³/mol. The zero-order chi connectivity index (χ0) is 26.4. The Labute approximate surface area is 211 Å². The Morgan fingerprint density at radius 3 is 2.78 bits per heavy atom. The van der Waals surface area contributed by atoms with E-state index < -0.39 is 24.0 Å². The van der Waals surface area contributed by atoms with Gasteiger partial charge in [0.2, 0.25) is 5.88 Å². The van der Waals surface area contributed by atoms with Gasteiger partial charge in [0.1, 0.15) is 17.5 Å². The van der Waals surface area contributed by atoms with Crippen molar-refractivity contribution < 1.29 is 23.8 Å². The second kappa shape index (κ2) is 11.9. The number of carbonyl (C=O) groups excluding carboxylic acids is 2. The molecule has 1 aliphatic rings. The number of halogens is 1. The number of hydrogen-bond donors (Lipinski definition) is 2. The Hall–Kier alpha value is -3.64. The SMILES string of the molecule is CC(C)C#Cc1cnc2c(c1)C(=O)N([C@H](C)CO)C[C@@H](C)[C@@H](CN(C)C(=O)Nc1cccc(F)c1)O2. The molecule has 3 amide bonds. The minimum atomic E-state index is -0.506. The van der Waals surface area contributed by atoms with Crippen LogP contribution in [0.25, 0.3) is 0 Å². The van der Waals surface area contributed by atoms with Gasteiger partial charge in [0.05, 0.1) is 19.2 Å². The van der Waals surface area contributed by atoms with Gasteiger partial charge in [-0.2, -0.15) is 0 Å². The largest absolute Gasteiger partial charge is 0.472 e. The fourth-order valence-electron chi connectivity index (χ4n) is 3.75. The molecule has 1 aromatic heterocycles. The van der Waals surface area contributed by atoms with Crippen LogP contribution in [-0.4, -0.2) is 70.7 Å². The first-order valence-corrected chi connectivity index (χ1v) is 12.0. The molecule has 9 heteroatoms. The maximum Gasteiger partial charge on any atom is 0.321 e. The van der Waals surface area contributed by atoms with Crippen LogP contribution in [-0.2, 0) is 0 Å². The molecule has 192 valence electrons. The Morgan fingerprint density at radius 1 is 1.36 bits per heavy atom. The summed E-state index contributed by atoms with van der Waals surface area (Å²) in [6.07, 6.45) is 1.05. The molecular formula is C27H33FN4O4. The van der Waals surface area contributed by atoms with Crippen LogP contribution in [0.5, 0.6) is 5.88 Å². The minimum absolute atomic E-state index is 0.153. The third kappa shape index (κ3) is 6.73. The smallest absolute Gasteiger partial charge is 0.321 e. The number of likely N-dealkylation sites (N-methyl/N-ethyl adjacent to an activating group) is 1. The lowest BCUT2D eigenvalue weighted by Crippen LogP contribution is -2.50. The molecule has 0 radical (unpaired) electrons. The van der Waals surface area contributed by atoms with Crippen LogP contribution in [0.3, 0.4) is 0 Å². The highest BCUT2D eigenvalue weighted by Gasteiger charge is 2.34. The van der Waals surface area contributed by atoms with Crippen LogP contribution in [0.4, 0.5) is 14.9 Å². The van der Waals surface area contributed by atoms with Crippen LogP contribution < -0.4 is 10.1 Å². The topological polar surface area (TPSA) is 95.0 Å². The van der Waals surface area contributed by atoms with Gasteiger partial charge in [-0.05, 0) is 31.2 Å². The number of urea groups is 1. The van der Waals surface area contributed by atoms with Gasteiger partial charge in [0, 0.05) is 42.9 Å². The molecule has 2 heterocycles. The number of anilines is 1. The molecule has 0 fully saturated rings. The highest BCUT2D eigenvalue weighted by Crippen LogP contribution is 2.27. The van der Waals surface area contributed by atoms with E-state index in [0.29, 0.717) is 17.8 Å². The summed E-state index contributed by atoms with van der Waals surface area (Å²) in [6, 6.07) is 6.46. The molecule has 0 saturated heterocycles. The maximum absolute atomic E-state index is 13.5. The lowest BCUT2D eigenvalue weighted by Gasteiger charge is -2.37. The molecule has 2 N–H and O–H groups in total. The monoisotopic (exact) mass is 496 g/mol. The van der Waals surface area contributed by atoms with E-state index >= 15 is 0 Å². The van der Waals surface area contributed by atoms with Crippen LogP contribution in [0, 0.1) is 29.5 Å². The molecule has 0 bridgehead atoms. The Kier molecular flexibility index (Phi) is 8.88. The summed E-state index contributed by atoms with van der Waals surface area (Å²) in [4.78, 5) is 33.6. The number of aromatic nitrogens is 1. The van der Waals surface area contributed by atoms with E-state index in [1.807, 2.05) is 20.8 Å². The number of nitrogens with one attached hydrogen (secondary N) is 1. The van der Waals surface area contributed by atoms with Crippen molar-refractivity contribution in [2.75, 3.05) is 32.1 Å². The molecule has 0 unspecified atom stereocenters. The molecule has 0 spiro atoms. The Morgan fingerprint density at radius 2 is 2.11 bits per heavy atom. The first kappa shape index (κ1) is 27.0. The molecule has 1 aromatic carbocycles. The van der Waals surface area contributed by atoms with Crippen molar-refractivity contribution in [3.63, 3.8) is 0 Å². The predicted octanol–water partition coefficient (Wildman–Crippen LogP) is 3.61. The molecular weight excluding hydrogens is 463 g/mol. The van der Waals surface area contributed by atoms with Crippen molar-refractivity contribution in [1.29, 1.82) is 0 Å². The molecule has 0 saturated carbocycles. The van der Waals surface area contributed by atoms with Crippen molar-refractivity contribution in [1.82, 2.24) is 14.8 Å². The fourth-order valence-corrected chi connectivity index (χ4v) is 3.75. The minimum Gasteiger partial charge on any atom is -0.472 e. The van der Waals surface area contributed by atoms with Gasteiger partial charge in [-0.1, -0.05) is 38.7 Å². The lowest BCUT2D eigenvalue weighted by molar-refractivity contribution is 0.0356. The average molecular weight is 497 g/mol. The van der Waals surface area contributed by atoms with Crippen molar-refractivity contribution in [2.45, 2.75) is 39.8 Å². The Bertz CT molecular complexity index is 1160. The van der Waals surface area contributed by atoms with Gasteiger partial charge in [-0.3, -0.25) is 4.79 Å². The molecule has 2 aromatic rings. The summed E-state index contributed by atoms with van der Waals surface area (Å²) in [6.45, 7) is 7.94. The molecule has 0 aliphatic carbocycles. The third-order valence-electron chi connectivity index (χ3n) is 5.90. The number of amides is 3. The van der Waals surface area contributed by atoms with Gasteiger partial charge >= 0.3 is 6.03 Å². The van der Waals surface area contributed by atoms with Crippen molar-refractivity contribution in [2.24, 2.45) is 11.8 Å². The number of hydrogen-bond acceptors (Lipinski definition) is 5. The van der Waals surface area contributed by atoms with Crippen molar-refractivity contribution in [3.05, 3.63) is 53.5 Å². The number of rotatable bonds is 5. The van der Waals surface area contributed by atoms with Gasteiger partial charge in [-0.25, -0.2) is 14.2 Å². The zero-order valence-corrected chi connectivity index (χ0v) is 21.3. The van der Waals surface area contributed by atoms with Gasteiger partial charge in [-0.15, -0.1) is 0 Å². The summed E-state index contributed by atoms with van der Waals surface area (Å²) >= 11 is 0. The first-order valence-electron chi connectivity index (χ1n) is 12.0. The zero-order valence-electron chi connectivity index (χ0n) is 21.3. The first-order chi connectivity index (χ1) is 17.1. The van der Waals surface area contributed by atoms with Crippen LogP contribution >= 0.6 is 0 Å². The third-order valence-corrected chi connectivity index (χ3v) is 5.90. The summed E-state index contributed by atoms with van der Waals surface area (Å²) in [5.74, 6) is 5.46. The van der Waals surface area contributed by atoms with E-state index in [-0.39, 0.29) is 42.3 Å². The van der Waals surface area contributed by atoms with Gasteiger partial charge in [0.15, 0.2) is 0 Å². The second-order valence-corrected chi connectivity index (χ2v) is 9.44. The molecule has 36 heavy (non-hydrogen) atoms. The fraction of sp³-hybridized carbons (Fsp3) is 0.444. The van der Waals surface area contributed by atoms with E-state index in [9.17, 15) is 19.1 Å². The number of aliphatic hydroxyl groups excluding tert-OH is 1. The van der Waals surface area contributed by atoms with E-state index in [1.165, 1.54) is 23.1 Å². The van der Waals surface area contributed by atoms with Crippen molar-refractivity contribution in [3.8, 4) is 17.7 Å². The molecule has 8 nitrogen and oxygen atoms in total. The number of aliphatic hydroxyl groups is 1. The number of carbonyl (C=O) groups is 2. The summed E-state index contributed by atoms with van der Waals surface area (Å²) < 4.78 is 19.7. The summed E-state index contributed by atoms with van der Waals surface area (Å²) in [7, 11) is 1.61. The quantitative estimate of drug-likeness (QED) is 0.617. The Balaban J connectivity index is 1.88. The maximum atomic E-state index is 13.5. The second-order valence-electron chi connectivity index (χ2n) is 9.44. The molecule has 3 rings (SSSR count). The number of fused-ring (bicyclic) bond motifs is 1. The highest BCUT2D eigenvalue weighted by molar-refractivity contribution is 5.97. The average Bonchev–Trinajstić information content (AvgIpc) is 2.84. The van der Waals surface area contributed by atoms with Gasteiger partial charge < -0.3 is 25.0 Å². The number of nitrogens with zero attached hydrogens (tertiary/aromatic N) is 3. The van der Waals surface area contributed by atoms with Crippen LogP contribution in [0.2, 0.25) is 0 Å². The van der Waals surface area contributed by atoms with E-state index in [2.05, 4.69) is 22.1 Å². The summed E-state index contributed by atoms with van der Waals surface area (Å²) in [5.41, 5.74) is 1.19. The molecule has 1 aliphatic heterocycles. The number of benzene rings is 1. The molecule has 3 atom stereocenters. The standard InChI is InChI=1S/C27H33FN4O4/c1-17(2)9-10-20-11-23-25(29-13-20)36-24(18(3)14-32(26(23)34)19(4)16-33)15-31(5)27(35)30-22-8-6-7-21(28)12-22/h6-8,11-13,17-19,24,33H,14-16H2,1-5H3,(H,30,35)/t18-,19-,24-/m1/s1. The van der Waals surface area contributed by atoms with Crippen LogP contribution in [0.15, 0.2) is 36.5 Å². The lowest BCUT2D eigenvalue weighted by atomic mass is 10.00. The number of pyridine rings is 1. The van der Waals surface area contributed by atoms with Crippen molar-refractivity contribution >= 4 is 17.6 Å². The number of ether oxygens (including phenoxy) is 1. The van der Waals surface area contributed by atoms with Crippen LogP contribution in [0.1, 0.15) is 43.6 Å². The van der Waals surface area contributed by atoms with E-state index in [1.54, 1.807) is 37.2 Å².